The monoisotopic (exact) mass is 402 g/mol. The fraction of sp³-hybridized carbons (Fsp3) is 0.133. The molecular weight excluding hydrogens is 391 g/mol. The van der Waals surface area contributed by atoms with Crippen LogP contribution < -0.4 is 10.6 Å². The lowest BCUT2D eigenvalue weighted by molar-refractivity contribution is 0.873. The molecule has 0 saturated heterocycles. The van der Waals surface area contributed by atoms with E-state index in [2.05, 4.69) is 26.6 Å². The van der Waals surface area contributed by atoms with Crippen molar-refractivity contribution in [3.8, 4) is 0 Å². The number of hydrogen-bond donors (Lipinski definition) is 2. The van der Waals surface area contributed by atoms with Gasteiger partial charge in [0.1, 0.15) is 0 Å². The van der Waals surface area contributed by atoms with E-state index in [1.54, 1.807) is 6.07 Å². The average Bonchev–Trinajstić information content (AvgIpc) is 2.45. The van der Waals surface area contributed by atoms with Crippen LogP contribution in [0.5, 0.6) is 0 Å². The quantitative estimate of drug-likeness (QED) is 0.678. The van der Waals surface area contributed by atoms with E-state index in [-0.39, 0.29) is 0 Å². The molecular formula is C15H13BrCl2N2S. The molecule has 0 bridgehead atoms. The third kappa shape index (κ3) is 5.47. The van der Waals surface area contributed by atoms with Gasteiger partial charge in [-0.2, -0.15) is 0 Å². The van der Waals surface area contributed by atoms with Crippen molar-refractivity contribution in [2.45, 2.75) is 6.42 Å². The fourth-order valence-corrected chi connectivity index (χ4v) is 2.53. The van der Waals surface area contributed by atoms with Crippen molar-refractivity contribution < 1.29 is 0 Å². The van der Waals surface area contributed by atoms with Gasteiger partial charge in [0.2, 0.25) is 0 Å². The molecule has 2 nitrogen and oxygen atoms in total. The van der Waals surface area contributed by atoms with Gasteiger partial charge in [0.15, 0.2) is 5.11 Å². The zero-order valence-corrected chi connectivity index (χ0v) is 14.9. The Hall–Kier alpha value is -0.810. The molecule has 0 aliphatic rings. The largest absolute Gasteiger partial charge is 0.362 e. The fourth-order valence-electron chi connectivity index (χ4n) is 1.72. The molecule has 110 valence electrons. The van der Waals surface area contributed by atoms with E-state index < -0.39 is 0 Å². The van der Waals surface area contributed by atoms with Gasteiger partial charge < -0.3 is 10.6 Å². The Kier molecular flexibility index (Phi) is 6.30. The summed E-state index contributed by atoms with van der Waals surface area (Å²) in [5.41, 5.74) is 2.06. The first-order valence-corrected chi connectivity index (χ1v) is 8.24. The molecule has 6 heteroatoms. The average molecular weight is 404 g/mol. The zero-order valence-electron chi connectivity index (χ0n) is 11.0. The summed E-state index contributed by atoms with van der Waals surface area (Å²) in [6.07, 6.45) is 0.818. The Balaban J connectivity index is 1.78. The Morgan fingerprint density at radius 3 is 2.43 bits per heavy atom. The molecule has 2 aromatic rings. The van der Waals surface area contributed by atoms with E-state index in [0.717, 1.165) is 28.7 Å². The van der Waals surface area contributed by atoms with Crippen LogP contribution in [0, 0.1) is 0 Å². The second-order valence-corrected chi connectivity index (χ2v) is 6.52. The first-order valence-electron chi connectivity index (χ1n) is 6.29. The van der Waals surface area contributed by atoms with E-state index in [9.17, 15) is 0 Å². The Bertz CT molecular complexity index is 632. The van der Waals surface area contributed by atoms with Gasteiger partial charge in [0, 0.05) is 16.7 Å². The summed E-state index contributed by atoms with van der Waals surface area (Å²) in [5, 5.41) is 8.03. The van der Waals surface area contributed by atoms with Crippen LogP contribution in [0.2, 0.25) is 10.0 Å². The van der Waals surface area contributed by atoms with Gasteiger partial charge in [0.05, 0.1) is 10.0 Å². The Morgan fingerprint density at radius 1 is 1.05 bits per heavy atom. The predicted octanol–water partition coefficient (Wildman–Crippen LogP) is 5.29. The van der Waals surface area contributed by atoms with Crippen molar-refractivity contribution in [3.05, 3.63) is 62.5 Å². The number of hydrogen-bond acceptors (Lipinski definition) is 1. The van der Waals surface area contributed by atoms with Crippen molar-refractivity contribution in [2.24, 2.45) is 0 Å². The van der Waals surface area contributed by atoms with E-state index in [4.69, 9.17) is 35.4 Å². The minimum atomic E-state index is 0.570. The first kappa shape index (κ1) is 16.6. The number of rotatable bonds is 4. The molecule has 0 aromatic heterocycles. The minimum absolute atomic E-state index is 0.570. The topological polar surface area (TPSA) is 24.1 Å². The third-order valence-corrected chi connectivity index (χ3v) is 4.30. The summed E-state index contributed by atoms with van der Waals surface area (Å²) >= 11 is 20.5. The highest BCUT2D eigenvalue weighted by Gasteiger charge is 2.01. The van der Waals surface area contributed by atoms with Gasteiger partial charge in [-0.25, -0.2) is 0 Å². The molecule has 0 heterocycles. The maximum Gasteiger partial charge on any atom is 0.170 e. The first-order chi connectivity index (χ1) is 10.0. The highest BCUT2D eigenvalue weighted by molar-refractivity contribution is 9.10. The molecule has 0 unspecified atom stereocenters. The minimum Gasteiger partial charge on any atom is -0.362 e. The van der Waals surface area contributed by atoms with Crippen molar-refractivity contribution in [3.63, 3.8) is 0 Å². The third-order valence-electron chi connectivity index (χ3n) is 2.79. The number of anilines is 1. The van der Waals surface area contributed by atoms with Crippen LogP contribution in [0.3, 0.4) is 0 Å². The molecule has 0 radical (unpaired) electrons. The molecule has 0 spiro atoms. The maximum absolute atomic E-state index is 5.98. The molecule has 0 amide bonds. The maximum atomic E-state index is 5.98. The van der Waals surface area contributed by atoms with E-state index in [1.807, 2.05) is 36.4 Å². The number of halogens is 3. The van der Waals surface area contributed by atoms with Crippen LogP contribution in [0.25, 0.3) is 0 Å². The normalized spacial score (nSPS) is 10.2. The molecule has 0 aliphatic carbocycles. The number of benzene rings is 2. The van der Waals surface area contributed by atoms with Crippen LogP contribution in [0.1, 0.15) is 5.56 Å². The Morgan fingerprint density at radius 2 is 1.76 bits per heavy atom. The number of thiocarbonyl (C=S) groups is 1. The van der Waals surface area contributed by atoms with Crippen LogP contribution >= 0.6 is 51.3 Å². The van der Waals surface area contributed by atoms with Gasteiger partial charge >= 0.3 is 0 Å². The molecule has 0 aliphatic heterocycles. The summed E-state index contributed by atoms with van der Waals surface area (Å²) < 4.78 is 1.03. The highest BCUT2D eigenvalue weighted by Crippen LogP contribution is 2.22. The van der Waals surface area contributed by atoms with Crippen molar-refractivity contribution >= 4 is 62.1 Å². The molecule has 0 fully saturated rings. The standard InChI is InChI=1S/C15H13BrCl2N2S/c16-11-2-4-12(5-3-11)20-15(21)19-8-7-10-1-6-13(17)14(18)9-10/h1-6,9H,7-8H2,(H2,19,20,21). The highest BCUT2D eigenvalue weighted by atomic mass is 79.9. The van der Waals surface area contributed by atoms with E-state index in [1.165, 1.54) is 0 Å². The van der Waals surface area contributed by atoms with Crippen LogP contribution in [-0.4, -0.2) is 11.7 Å². The van der Waals surface area contributed by atoms with Crippen LogP contribution in [-0.2, 0) is 6.42 Å². The lowest BCUT2D eigenvalue weighted by atomic mass is 10.1. The summed E-state index contributed by atoms with van der Waals surface area (Å²) in [5.74, 6) is 0. The second kappa shape index (κ2) is 7.99. The van der Waals surface area contributed by atoms with Gasteiger partial charge in [-0.1, -0.05) is 45.2 Å². The molecule has 0 saturated carbocycles. The summed E-state index contributed by atoms with van der Waals surface area (Å²) in [4.78, 5) is 0. The van der Waals surface area contributed by atoms with Crippen molar-refractivity contribution in [1.29, 1.82) is 0 Å². The second-order valence-electron chi connectivity index (χ2n) is 4.39. The SMILES string of the molecule is S=C(NCCc1ccc(Cl)c(Cl)c1)Nc1ccc(Br)cc1. The number of nitrogens with one attached hydrogen (secondary N) is 2. The molecule has 2 rings (SSSR count). The van der Waals surface area contributed by atoms with E-state index in [0.29, 0.717) is 15.2 Å². The summed E-state index contributed by atoms with van der Waals surface area (Å²) in [7, 11) is 0. The van der Waals surface area contributed by atoms with Crippen LogP contribution in [0.15, 0.2) is 46.9 Å². The lowest BCUT2D eigenvalue weighted by Gasteiger charge is -2.11. The van der Waals surface area contributed by atoms with Gasteiger partial charge in [-0.3, -0.25) is 0 Å². The van der Waals surface area contributed by atoms with Gasteiger partial charge in [-0.05, 0) is 60.6 Å². The molecule has 2 N–H and O–H groups in total. The van der Waals surface area contributed by atoms with Gasteiger partial charge in [0.25, 0.3) is 0 Å². The van der Waals surface area contributed by atoms with Crippen molar-refractivity contribution in [1.82, 2.24) is 5.32 Å². The molecule has 2 aromatic carbocycles. The predicted molar refractivity (Wildman–Crippen MR) is 98.5 cm³/mol. The van der Waals surface area contributed by atoms with Gasteiger partial charge in [-0.15, -0.1) is 0 Å². The lowest BCUT2D eigenvalue weighted by Crippen LogP contribution is -2.30. The van der Waals surface area contributed by atoms with Crippen LogP contribution in [0.4, 0.5) is 5.69 Å². The Labute approximate surface area is 148 Å². The van der Waals surface area contributed by atoms with Crippen molar-refractivity contribution in [2.75, 3.05) is 11.9 Å². The summed E-state index contributed by atoms with van der Waals surface area (Å²) in [6, 6.07) is 13.5. The smallest absolute Gasteiger partial charge is 0.170 e. The van der Waals surface area contributed by atoms with E-state index >= 15 is 0 Å². The molecule has 21 heavy (non-hydrogen) atoms. The summed E-state index contributed by atoms with van der Waals surface area (Å²) in [6.45, 7) is 0.723. The molecule has 0 atom stereocenters. The zero-order chi connectivity index (χ0) is 15.2.